The molecule has 0 bridgehead atoms. The molecule has 1 saturated heterocycles. The number of rotatable bonds is 5. The van der Waals surface area contributed by atoms with Crippen LogP contribution in [0.2, 0.25) is 0 Å². The molecule has 0 unspecified atom stereocenters. The second-order valence-electron chi connectivity index (χ2n) is 6.09. The molecule has 7 nitrogen and oxygen atoms in total. The van der Waals surface area contributed by atoms with E-state index in [9.17, 15) is 14.4 Å². The maximum atomic E-state index is 12.5. The molecule has 2 heterocycles. The molecule has 0 spiro atoms. The van der Waals surface area contributed by atoms with Gasteiger partial charge >= 0.3 is 5.97 Å². The van der Waals surface area contributed by atoms with Gasteiger partial charge in [-0.3, -0.25) is 15.0 Å². The van der Waals surface area contributed by atoms with Gasteiger partial charge in [0, 0.05) is 12.0 Å². The van der Waals surface area contributed by atoms with Crippen molar-refractivity contribution in [3.8, 4) is 0 Å². The standard InChI is InChI=1S/C19H20N2O5/c1-3-25-19(24)17-14(15-5-4-10-26-15)11-16(22)21(17)20-18(23)13-8-6-12(2)7-9-13/h4-10,14,17H,3,11H2,1-2H3,(H,20,23)/t14-,17-/m0/s1. The monoisotopic (exact) mass is 356 g/mol. The predicted octanol–water partition coefficient (Wildman–Crippen LogP) is 2.18. The average molecular weight is 356 g/mol. The first-order valence-corrected chi connectivity index (χ1v) is 8.41. The lowest BCUT2D eigenvalue weighted by Crippen LogP contribution is -2.52. The summed E-state index contributed by atoms with van der Waals surface area (Å²) in [4.78, 5) is 37.4. The van der Waals surface area contributed by atoms with Crippen molar-refractivity contribution in [1.82, 2.24) is 10.4 Å². The van der Waals surface area contributed by atoms with Crippen LogP contribution in [-0.2, 0) is 14.3 Å². The normalized spacial score (nSPS) is 19.5. The number of benzene rings is 1. The Balaban J connectivity index is 1.85. The highest BCUT2D eigenvalue weighted by molar-refractivity contribution is 5.97. The van der Waals surface area contributed by atoms with Crippen molar-refractivity contribution in [2.24, 2.45) is 0 Å². The lowest BCUT2D eigenvalue weighted by molar-refractivity contribution is -0.153. The Kier molecular flexibility index (Phi) is 5.06. The highest BCUT2D eigenvalue weighted by atomic mass is 16.5. The van der Waals surface area contributed by atoms with Crippen LogP contribution in [0.15, 0.2) is 47.1 Å². The Hall–Kier alpha value is -3.09. The lowest BCUT2D eigenvalue weighted by Gasteiger charge is -2.26. The van der Waals surface area contributed by atoms with E-state index in [0.717, 1.165) is 10.6 Å². The molecule has 0 radical (unpaired) electrons. The highest BCUT2D eigenvalue weighted by Gasteiger charge is 2.48. The van der Waals surface area contributed by atoms with Gasteiger partial charge in [-0.2, -0.15) is 0 Å². The van der Waals surface area contributed by atoms with E-state index >= 15 is 0 Å². The van der Waals surface area contributed by atoms with E-state index in [1.165, 1.54) is 6.26 Å². The zero-order valence-corrected chi connectivity index (χ0v) is 14.6. The van der Waals surface area contributed by atoms with E-state index in [0.29, 0.717) is 11.3 Å². The number of carbonyl (C=O) groups is 3. The summed E-state index contributed by atoms with van der Waals surface area (Å²) in [5.41, 5.74) is 3.96. The predicted molar refractivity (Wildman–Crippen MR) is 92.0 cm³/mol. The van der Waals surface area contributed by atoms with Gasteiger partial charge in [-0.1, -0.05) is 17.7 Å². The average Bonchev–Trinajstić information content (AvgIpc) is 3.24. The van der Waals surface area contributed by atoms with Crippen LogP contribution in [0, 0.1) is 6.92 Å². The second-order valence-corrected chi connectivity index (χ2v) is 6.09. The van der Waals surface area contributed by atoms with Crippen molar-refractivity contribution < 1.29 is 23.5 Å². The third-order valence-corrected chi connectivity index (χ3v) is 4.30. The molecule has 7 heteroatoms. The molecule has 2 amide bonds. The molecule has 2 aromatic rings. The summed E-state index contributed by atoms with van der Waals surface area (Å²) in [6.45, 7) is 3.77. The van der Waals surface area contributed by atoms with Crippen LogP contribution in [0.1, 0.15) is 40.9 Å². The van der Waals surface area contributed by atoms with Crippen molar-refractivity contribution in [3.63, 3.8) is 0 Å². The Morgan fingerprint density at radius 2 is 2.00 bits per heavy atom. The Morgan fingerprint density at radius 3 is 2.62 bits per heavy atom. The number of hydrogen-bond acceptors (Lipinski definition) is 5. The molecule has 0 aliphatic carbocycles. The number of ether oxygens (including phenoxy) is 1. The molecular weight excluding hydrogens is 336 g/mol. The van der Waals surface area contributed by atoms with E-state index in [2.05, 4.69) is 5.43 Å². The number of hydrogen-bond donors (Lipinski definition) is 1. The zero-order chi connectivity index (χ0) is 18.7. The molecule has 1 aliphatic heterocycles. The van der Waals surface area contributed by atoms with Gasteiger partial charge in [0.25, 0.3) is 5.91 Å². The lowest BCUT2D eigenvalue weighted by atomic mass is 9.98. The number of carbonyl (C=O) groups excluding carboxylic acids is 3. The van der Waals surface area contributed by atoms with E-state index in [1.807, 2.05) is 6.92 Å². The minimum atomic E-state index is -0.969. The molecule has 1 aliphatic rings. The SMILES string of the molecule is CCOC(=O)[C@@H]1[C@H](c2ccco2)CC(=O)N1NC(=O)c1ccc(C)cc1. The van der Waals surface area contributed by atoms with Gasteiger partial charge in [-0.05, 0) is 38.1 Å². The Labute approximate surface area is 150 Å². The number of nitrogens with zero attached hydrogens (tertiary/aromatic N) is 1. The number of esters is 1. The van der Waals surface area contributed by atoms with Crippen molar-refractivity contribution in [2.75, 3.05) is 6.61 Å². The van der Waals surface area contributed by atoms with Crippen molar-refractivity contribution in [2.45, 2.75) is 32.2 Å². The van der Waals surface area contributed by atoms with Crippen LogP contribution in [0.3, 0.4) is 0 Å². The number of nitrogens with one attached hydrogen (secondary N) is 1. The van der Waals surface area contributed by atoms with E-state index in [-0.39, 0.29) is 18.9 Å². The van der Waals surface area contributed by atoms with Crippen molar-refractivity contribution in [3.05, 3.63) is 59.5 Å². The summed E-state index contributed by atoms with van der Waals surface area (Å²) in [6.07, 6.45) is 1.53. The highest BCUT2D eigenvalue weighted by Crippen LogP contribution is 2.34. The Morgan fingerprint density at radius 1 is 1.27 bits per heavy atom. The van der Waals surface area contributed by atoms with Gasteiger partial charge < -0.3 is 9.15 Å². The summed E-state index contributed by atoms with van der Waals surface area (Å²) in [6, 6.07) is 9.35. The smallest absolute Gasteiger partial charge is 0.331 e. The zero-order valence-electron chi connectivity index (χ0n) is 14.6. The molecular formula is C19H20N2O5. The van der Waals surface area contributed by atoms with Gasteiger partial charge in [0.15, 0.2) is 6.04 Å². The fourth-order valence-corrected chi connectivity index (χ4v) is 3.00. The maximum absolute atomic E-state index is 12.5. The number of furan rings is 1. The van der Waals surface area contributed by atoms with Gasteiger partial charge in [0.05, 0.1) is 18.8 Å². The molecule has 1 aromatic carbocycles. The Bertz CT molecular complexity index is 798. The first-order valence-electron chi connectivity index (χ1n) is 8.41. The van der Waals surface area contributed by atoms with E-state index in [1.54, 1.807) is 43.3 Å². The largest absolute Gasteiger partial charge is 0.469 e. The second kappa shape index (κ2) is 7.43. The van der Waals surface area contributed by atoms with Gasteiger partial charge in [0.2, 0.25) is 5.91 Å². The quantitative estimate of drug-likeness (QED) is 0.830. The first kappa shape index (κ1) is 17.7. The third-order valence-electron chi connectivity index (χ3n) is 4.30. The molecule has 1 N–H and O–H groups in total. The molecule has 3 rings (SSSR count). The van der Waals surface area contributed by atoms with E-state index in [4.69, 9.17) is 9.15 Å². The molecule has 1 aromatic heterocycles. The fraction of sp³-hybridized carbons (Fsp3) is 0.316. The topological polar surface area (TPSA) is 88.8 Å². The van der Waals surface area contributed by atoms with Crippen molar-refractivity contribution >= 4 is 17.8 Å². The molecule has 136 valence electrons. The van der Waals surface area contributed by atoms with Crippen LogP contribution in [-0.4, -0.2) is 35.4 Å². The summed E-state index contributed by atoms with van der Waals surface area (Å²) >= 11 is 0. The number of amides is 2. The summed E-state index contributed by atoms with van der Waals surface area (Å²) in [5, 5.41) is 1.06. The summed E-state index contributed by atoms with van der Waals surface area (Å²) in [5.74, 6) is -1.43. The van der Waals surface area contributed by atoms with Crippen molar-refractivity contribution in [1.29, 1.82) is 0 Å². The van der Waals surface area contributed by atoms with Crippen LogP contribution < -0.4 is 5.43 Å². The third kappa shape index (κ3) is 3.46. The van der Waals surface area contributed by atoms with Crippen LogP contribution in [0.5, 0.6) is 0 Å². The summed E-state index contributed by atoms with van der Waals surface area (Å²) in [7, 11) is 0. The van der Waals surface area contributed by atoms with E-state index < -0.39 is 23.8 Å². The first-order chi connectivity index (χ1) is 12.5. The van der Waals surface area contributed by atoms with Gasteiger partial charge in [-0.15, -0.1) is 0 Å². The number of hydrazine groups is 1. The minimum Gasteiger partial charge on any atom is -0.469 e. The summed E-state index contributed by atoms with van der Waals surface area (Å²) < 4.78 is 10.5. The fourth-order valence-electron chi connectivity index (χ4n) is 3.00. The van der Waals surface area contributed by atoms with Gasteiger partial charge in [0.1, 0.15) is 5.76 Å². The van der Waals surface area contributed by atoms with Crippen LogP contribution >= 0.6 is 0 Å². The minimum absolute atomic E-state index is 0.0468. The molecule has 2 atom stereocenters. The van der Waals surface area contributed by atoms with Crippen LogP contribution in [0.4, 0.5) is 0 Å². The molecule has 0 saturated carbocycles. The maximum Gasteiger partial charge on any atom is 0.331 e. The van der Waals surface area contributed by atoms with Crippen LogP contribution in [0.25, 0.3) is 0 Å². The number of aryl methyl sites for hydroxylation is 1. The molecule has 26 heavy (non-hydrogen) atoms. The van der Waals surface area contributed by atoms with Gasteiger partial charge in [-0.25, -0.2) is 9.80 Å². The molecule has 1 fully saturated rings.